The minimum Gasteiger partial charge on any atom is -0.385 e. The van der Waals surface area contributed by atoms with Crippen molar-refractivity contribution in [3.63, 3.8) is 0 Å². The molecule has 0 spiro atoms. The topological polar surface area (TPSA) is 49.4 Å². The zero-order chi connectivity index (χ0) is 19.8. The number of nitrogens with zero attached hydrogens (tertiary/aromatic N) is 1. The van der Waals surface area contributed by atoms with E-state index in [1.807, 2.05) is 83.8 Å². The second-order valence-corrected chi connectivity index (χ2v) is 6.61. The summed E-state index contributed by atoms with van der Waals surface area (Å²) in [5.41, 5.74) is 3.47. The molecule has 0 saturated carbocycles. The van der Waals surface area contributed by atoms with Gasteiger partial charge in [-0.2, -0.15) is 0 Å². The summed E-state index contributed by atoms with van der Waals surface area (Å²) in [5.74, 6) is 0.0723. The summed E-state index contributed by atoms with van der Waals surface area (Å²) in [7, 11) is 0. The maximum absolute atomic E-state index is 12.9. The molecular formula is C24H24N2O2. The van der Waals surface area contributed by atoms with Gasteiger partial charge >= 0.3 is 0 Å². The summed E-state index contributed by atoms with van der Waals surface area (Å²) in [6.07, 6.45) is 0.353. The van der Waals surface area contributed by atoms with Crippen molar-refractivity contribution in [3.8, 4) is 0 Å². The van der Waals surface area contributed by atoms with Crippen LogP contribution in [0.15, 0.2) is 84.9 Å². The van der Waals surface area contributed by atoms with Gasteiger partial charge in [0.25, 0.3) is 0 Å². The predicted molar refractivity (Wildman–Crippen MR) is 114 cm³/mol. The van der Waals surface area contributed by atoms with Crippen molar-refractivity contribution in [2.45, 2.75) is 19.9 Å². The Labute approximate surface area is 165 Å². The second kappa shape index (κ2) is 9.51. The molecule has 3 aromatic rings. The smallest absolute Gasteiger partial charge is 0.229 e. The zero-order valence-electron chi connectivity index (χ0n) is 16.0. The van der Waals surface area contributed by atoms with Gasteiger partial charge in [-0.15, -0.1) is 0 Å². The highest BCUT2D eigenvalue weighted by atomic mass is 16.2. The molecule has 1 N–H and O–H groups in total. The fraction of sp³-hybridized carbons (Fsp3) is 0.167. The number of Topliss-reactive ketones (excluding diaryl/α,β-unsaturated/α-hetero) is 1. The van der Waals surface area contributed by atoms with Crippen LogP contribution < -0.4 is 10.2 Å². The van der Waals surface area contributed by atoms with Gasteiger partial charge in [-0.3, -0.25) is 9.59 Å². The Balaban J connectivity index is 1.66. The first-order valence-corrected chi connectivity index (χ1v) is 9.38. The maximum Gasteiger partial charge on any atom is 0.229 e. The Kier molecular flexibility index (Phi) is 6.58. The number of carbonyl (C=O) groups is 2. The second-order valence-electron chi connectivity index (χ2n) is 6.61. The normalized spacial score (nSPS) is 10.3. The van der Waals surface area contributed by atoms with Crippen molar-refractivity contribution >= 4 is 23.1 Å². The van der Waals surface area contributed by atoms with Gasteiger partial charge in [-0.05, 0) is 36.8 Å². The molecule has 0 heterocycles. The molecule has 4 nitrogen and oxygen atoms in total. The molecule has 3 aromatic carbocycles. The summed E-state index contributed by atoms with van der Waals surface area (Å²) in [5, 5.41) is 3.24. The van der Waals surface area contributed by atoms with Gasteiger partial charge in [0.2, 0.25) is 5.91 Å². The fourth-order valence-electron chi connectivity index (χ4n) is 2.99. The Hall–Kier alpha value is -3.40. The first kappa shape index (κ1) is 19.4. The molecule has 0 bridgehead atoms. The van der Waals surface area contributed by atoms with E-state index in [0.717, 1.165) is 16.9 Å². The molecule has 142 valence electrons. The highest BCUT2D eigenvalue weighted by molar-refractivity contribution is 5.95. The number of para-hydroxylation sites is 1. The van der Waals surface area contributed by atoms with Gasteiger partial charge in [-0.1, -0.05) is 60.7 Å². The maximum atomic E-state index is 12.9. The van der Waals surface area contributed by atoms with E-state index in [1.54, 1.807) is 13.0 Å². The van der Waals surface area contributed by atoms with Crippen LogP contribution in [0.3, 0.4) is 0 Å². The van der Waals surface area contributed by atoms with Gasteiger partial charge in [0.15, 0.2) is 5.78 Å². The summed E-state index contributed by atoms with van der Waals surface area (Å²) in [4.78, 5) is 26.3. The summed E-state index contributed by atoms with van der Waals surface area (Å²) in [6.45, 7) is 2.58. The first-order chi connectivity index (χ1) is 13.6. The number of carbonyl (C=O) groups excluding carboxylic acids is 2. The highest BCUT2D eigenvalue weighted by Gasteiger charge is 2.15. The van der Waals surface area contributed by atoms with Crippen LogP contribution in [-0.4, -0.2) is 18.2 Å². The Morgan fingerprint density at radius 3 is 2.21 bits per heavy atom. The molecule has 0 aliphatic carbocycles. The minimum atomic E-state index is 0.0258. The van der Waals surface area contributed by atoms with Crippen LogP contribution in [0.4, 0.5) is 11.4 Å². The van der Waals surface area contributed by atoms with Gasteiger partial charge in [0, 0.05) is 29.9 Å². The Morgan fingerprint density at radius 2 is 1.54 bits per heavy atom. The monoisotopic (exact) mass is 372 g/mol. The molecule has 28 heavy (non-hydrogen) atoms. The number of anilines is 2. The molecule has 0 aliphatic rings. The van der Waals surface area contributed by atoms with E-state index in [0.29, 0.717) is 25.1 Å². The minimum absolute atomic E-state index is 0.0258. The fourth-order valence-corrected chi connectivity index (χ4v) is 2.99. The Morgan fingerprint density at radius 1 is 0.857 bits per heavy atom. The largest absolute Gasteiger partial charge is 0.385 e. The number of amides is 1. The molecule has 0 fully saturated rings. The van der Waals surface area contributed by atoms with Crippen molar-refractivity contribution in [1.82, 2.24) is 0 Å². The van der Waals surface area contributed by atoms with Crippen molar-refractivity contribution in [2.24, 2.45) is 0 Å². The molecule has 0 aromatic heterocycles. The summed E-state index contributed by atoms with van der Waals surface area (Å²) < 4.78 is 0. The molecule has 0 unspecified atom stereocenters. The zero-order valence-corrected chi connectivity index (χ0v) is 16.0. The van der Waals surface area contributed by atoms with E-state index in [9.17, 15) is 9.59 Å². The molecule has 0 radical (unpaired) electrons. The molecule has 0 atom stereocenters. The van der Waals surface area contributed by atoms with E-state index in [4.69, 9.17) is 0 Å². The third-order valence-corrected chi connectivity index (χ3v) is 4.49. The highest BCUT2D eigenvalue weighted by Crippen LogP contribution is 2.18. The number of benzene rings is 3. The van der Waals surface area contributed by atoms with Crippen LogP contribution in [0, 0.1) is 0 Å². The average Bonchev–Trinajstić information content (AvgIpc) is 2.73. The standard InChI is InChI=1S/C24H24N2O2/c1-19(27)21-11-8-12-22(17-21)25-16-15-24(28)26(23-13-6-3-7-14-23)18-20-9-4-2-5-10-20/h2-14,17,25H,15-16,18H2,1H3. The lowest BCUT2D eigenvalue weighted by Gasteiger charge is -2.23. The lowest BCUT2D eigenvalue weighted by molar-refractivity contribution is -0.118. The van der Waals surface area contributed by atoms with Crippen molar-refractivity contribution < 1.29 is 9.59 Å². The van der Waals surface area contributed by atoms with E-state index in [2.05, 4.69) is 5.32 Å². The average molecular weight is 372 g/mol. The molecular weight excluding hydrogens is 348 g/mol. The first-order valence-electron chi connectivity index (χ1n) is 9.38. The number of hydrogen-bond donors (Lipinski definition) is 1. The van der Waals surface area contributed by atoms with Crippen LogP contribution >= 0.6 is 0 Å². The molecule has 0 saturated heterocycles. The van der Waals surface area contributed by atoms with Crippen LogP contribution in [0.5, 0.6) is 0 Å². The number of nitrogens with one attached hydrogen (secondary N) is 1. The van der Waals surface area contributed by atoms with Gasteiger partial charge < -0.3 is 10.2 Å². The van der Waals surface area contributed by atoms with E-state index in [1.165, 1.54) is 0 Å². The predicted octanol–water partition coefficient (Wildman–Crippen LogP) is 4.92. The molecule has 1 amide bonds. The number of ketones is 1. The number of hydrogen-bond acceptors (Lipinski definition) is 3. The lowest BCUT2D eigenvalue weighted by atomic mass is 10.1. The molecule has 0 aliphatic heterocycles. The van der Waals surface area contributed by atoms with Gasteiger partial charge in [0.1, 0.15) is 0 Å². The number of rotatable bonds is 8. The van der Waals surface area contributed by atoms with Crippen LogP contribution in [0.2, 0.25) is 0 Å². The third kappa shape index (κ3) is 5.30. The SMILES string of the molecule is CC(=O)c1cccc(NCCC(=O)N(Cc2ccccc2)c2ccccc2)c1. The van der Waals surface area contributed by atoms with Crippen molar-refractivity contribution in [1.29, 1.82) is 0 Å². The van der Waals surface area contributed by atoms with Crippen molar-refractivity contribution in [3.05, 3.63) is 96.1 Å². The van der Waals surface area contributed by atoms with E-state index >= 15 is 0 Å². The lowest BCUT2D eigenvalue weighted by Crippen LogP contribution is -2.31. The molecule has 3 rings (SSSR count). The van der Waals surface area contributed by atoms with Crippen molar-refractivity contribution in [2.75, 3.05) is 16.8 Å². The van der Waals surface area contributed by atoms with Crippen LogP contribution in [0.1, 0.15) is 29.3 Å². The van der Waals surface area contributed by atoms with E-state index < -0.39 is 0 Å². The van der Waals surface area contributed by atoms with Gasteiger partial charge in [-0.25, -0.2) is 0 Å². The van der Waals surface area contributed by atoms with Crippen LogP contribution in [0.25, 0.3) is 0 Å². The van der Waals surface area contributed by atoms with Gasteiger partial charge in [0.05, 0.1) is 6.54 Å². The van der Waals surface area contributed by atoms with Crippen LogP contribution in [-0.2, 0) is 11.3 Å². The third-order valence-electron chi connectivity index (χ3n) is 4.49. The summed E-state index contributed by atoms with van der Waals surface area (Å²) in [6, 6.07) is 27.0. The quantitative estimate of drug-likeness (QED) is 0.571. The molecule has 4 heteroatoms. The van der Waals surface area contributed by atoms with E-state index in [-0.39, 0.29) is 11.7 Å². The summed E-state index contributed by atoms with van der Waals surface area (Å²) >= 11 is 0. The Bertz CT molecular complexity index is 924.